The van der Waals surface area contributed by atoms with Crippen molar-refractivity contribution in [3.8, 4) is 0 Å². The average molecular weight is 268 g/mol. The molecule has 4 heteroatoms. The highest BCUT2D eigenvalue weighted by atomic mass is 19.1. The quantitative estimate of drug-likeness (QED) is 0.745. The third-order valence-corrected chi connectivity index (χ3v) is 3.05. The van der Waals surface area contributed by atoms with Crippen molar-refractivity contribution in [3.05, 3.63) is 30.1 Å². The van der Waals surface area contributed by atoms with Crippen LogP contribution in [0.15, 0.2) is 24.3 Å². The third kappa shape index (κ3) is 5.57. The summed E-state index contributed by atoms with van der Waals surface area (Å²) in [5, 5.41) is 3.46. The van der Waals surface area contributed by atoms with Gasteiger partial charge in [-0.05, 0) is 38.1 Å². The summed E-state index contributed by atoms with van der Waals surface area (Å²) in [7, 11) is 1.71. The maximum atomic E-state index is 13.3. The Morgan fingerprint density at radius 3 is 2.74 bits per heavy atom. The molecule has 0 aliphatic heterocycles. The van der Waals surface area contributed by atoms with Crippen LogP contribution in [-0.2, 0) is 4.74 Å². The molecular weight excluding hydrogens is 243 g/mol. The lowest BCUT2D eigenvalue weighted by Crippen LogP contribution is -2.44. The Morgan fingerprint density at radius 1 is 1.37 bits per heavy atom. The number of ether oxygens (including phenoxy) is 1. The first-order valence-corrected chi connectivity index (χ1v) is 6.94. The van der Waals surface area contributed by atoms with Crippen molar-refractivity contribution >= 4 is 5.69 Å². The zero-order valence-electron chi connectivity index (χ0n) is 12.2. The molecule has 0 spiro atoms. The zero-order chi connectivity index (χ0) is 14.1. The SMILES string of the molecule is CCCNC(COC)CN(CC)c1cccc(F)c1. The summed E-state index contributed by atoms with van der Waals surface area (Å²) in [6.45, 7) is 7.50. The molecule has 1 aromatic carbocycles. The fourth-order valence-electron chi connectivity index (χ4n) is 2.08. The summed E-state index contributed by atoms with van der Waals surface area (Å²) in [6.07, 6.45) is 1.09. The van der Waals surface area contributed by atoms with Crippen molar-refractivity contribution in [1.82, 2.24) is 5.32 Å². The first kappa shape index (κ1) is 15.9. The standard InChI is InChI=1S/C15H25FN2O/c1-4-9-17-14(12-19-3)11-18(5-2)15-8-6-7-13(16)10-15/h6-8,10,14,17H,4-5,9,11-12H2,1-3H3. The van der Waals surface area contributed by atoms with E-state index in [0.29, 0.717) is 6.61 Å². The molecule has 19 heavy (non-hydrogen) atoms. The van der Waals surface area contributed by atoms with E-state index in [-0.39, 0.29) is 11.9 Å². The molecule has 1 atom stereocenters. The molecule has 0 heterocycles. The van der Waals surface area contributed by atoms with Crippen molar-refractivity contribution in [1.29, 1.82) is 0 Å². The van der Waals surface area contributed by atoms with E-state index >= 15 is 0 Å². The zero-order valence-corrected chi connectivity index (χ0v) is 12.2. The summed E-state index contributed by atoms with van der Waals surface area (Å²) >= 11 is 0. The van der Waals surface area contributed by atoms with Crippen molar-refractivity contribution in [2.75, 3.05) is 38.3 Å². The molecule has 0 aromatic heterocycles. The second kappa shape index (κ2) is 8.88. The van der Waals surface area contributed by atoms with Crippen molar-refractivity contribution in [2.45, 2.75) is 26.3 Å². The van der Waals surface area contributed by atoms with Gasteiger partial charge in [0.05, 0.1) is 6.61 Å². The number of methoxy groups -OCH3 is 1. The molecule has 0 amide bonds. The molecule has 0 fully saturated rings. The normalized spacial score (nSPS) is 12.4. The van der Waals surface area contributed by atoms with E-state index in [4.69, 9.17) is 4.74 Å². The molecule has 1 aromatic rings. The van der Waals surface area contributed by atoms with E-state index in [1.54, 1.807) is 19.2 Å². The molecule has 0 aliphatic carbocycles. The van der Waals surface area contributed by atoms with Gasteiger partial charge in [-0.15, -0.1) is 0 Å². The minimum Gasteiger partial charge on any atom is -0.383 e. The molecule has 1 N–H and O–H groups in total. The van der Waals surface area contributed by atoms with Gasteiger partial charge in [0, 0.05) is 31.9 Å². The molecule has 0 aliphatic rings. The summed E-state index contributed by atoms with van der Waals surface area (Å²) in [5.41, 5.74) is 0.918. The molecule has 0 radical (unpaired) electrons. The van der Waals surface area contributed by atoms with Crippen molar-refractivity contribution in [3.63, 3.8) is 0 Å². The van der Waals surface area contributed by atoms with Crippen molar-refractivity contribution < 1.29 is 9.13 Å². The van der Waals surface area contributed by atoms with E-state index in [1.807, 2.05) is 6.07 Å². The van der Waals surface area contributed by atoms with Crippen molar-refractivity contribution in [2.24, 2.45) is 0 Å². The number of likely N-dealkylation sites (N-methyl/N-ethyl adjacent to an activating group) is 1. The van der Waals surface area contributed by atoms with Gasteiger partial charge < -0.3 is 15.0 Å². The highest BCUT2D eigenvalue weighted by Crippen LogP contribution is 2.15. The van der Waals surface area contributed by atoms with Gasteiger partial charge in [-0.1, -0.05) is 13.0 Å². The number of nitrogens with zero attached hydrogens (tertiary/aromatic N) is 1. The maximum absolute atomic E-state index is 13.3. The van der Waals surface area contributed by atoms with Crippen LogP contribution in [0.2, 0.25) is 0 Å². The molecule has 108 valence electrons. The third-order valence-electron chi connectivity index (χ3n) is 3.05. The van der Waals surface area contributed by atoms with Gasteiger partial charge in [-0.3, -0.25) is 0 Å². The number of hydrogen-bond donors (Lipinski definition) is 1. The Morgan fingerprint density at radius 2 is 2.16 bits per heavy atom. The predicted molar refractivity (Wildman–Crippen MR) is 78.2 cm³/mol. The molecule has 1 unspecified atom stereocenters. The highest BCUT2D eigenvalue weighted by molar-refractivity contribution is 5.46. The van der Waals surface area contributed by atoms with E-state index < -0.39 is 0 Å². The molecule has 3 nitrogen and oxygen atoms in total. The molecule has 0 saturated heterocycles. The van der Waals surface area contributed by atoms with Crippen LogP contribution in [-0.4, -0.2) is 39.4 Å². The Kier molecular flexibility index (Phi) is 7.45. The summed E-state index contributed by atoms with van der Waals surface area (Å²) in [5.74, 6) is -0.194. The first-order valence-electron chi connectivity index (χ1n) is 6.94. The summed E-state index contributed by atoms with van der Waals surface area (Å²) in [6, 6.07) is 6.99. The molecule has 0 bridgehead atoms. The monoisotopic (exact) mass is 268 g/mol. The first-order chi connectivity index (χ1) is 9.21. The second-order valence-electron chi connectivity index (χ2n) is 4.62. The highest BCUT2D eigenvalue weighted by Gasteiger charge is 2.13. The Bertz CT molecular complexity index is 360. The smallest absolute Gasteiger partial charge is 0.125 e. The molecule has 1 rings (SSSR count). The molecule has 0 saturated carbocycles. The van der Waals surface area contributed by atoms with Crippen LogP contribution < -0.4 is 10.2 Å². The minimum absolute atomic E-state index is 0.194. The number of hydrogen-bond acceptors (Lipinski definition) is 3. The number of anilines is 1. The number of halogens is 1. The lowest BCUT2D eigenvalue weighted by Gasteiger charge is -2.28. The van der Waals surface area contributed by atoms with Gasteiger partial charge in [0.15, 0.2) is 0 Å². The van der Waals surface area contributed by atoms with Gasteiger partial charge in [0.2, 0.25) is 0 Å². The van der Waals surface area contributed by atoms with Gasteiger partial charge in [-0.2, -0.15) is 0 Å². The number of rotatable bonds is 9. The predicted octanol–water partition coefficient (Wildman–Crippen LogP) is 2.67. The lowest BCUT2D eigenvalue weighted by molar-refractivity contribution is 0.168. The van der Waals surface area contributed by atoms with Crippen LogP contribution in [0, 0.1) is 5.82 Å². The largest absolute Gasteiger partial charge is 0.383 e. The van der Waals surface area contributed by atoms with E-state index in [0.717, 1.165) is 31.7 Å². The van der Waals surface area contributed by atoms with Gasteiger partial charge in [0.25, 0.3) is 0 Å². The van der Waals surface area contributed by atoms with E-state index in [1.165, 1.54) is 6.07 Å². The van der Waals surface area contributed by atoms with Crippen LogP contribution in [0.4, 0.5) is 10.1 Å². The summed E-state index contributed by atoms with van der Waals surface area (Å²) < 4.78 is 18.5. The second-order valence-corrected chi connectivity index (χ2v) is 4.62. The van der Waals surface area contributed by atoms with Crippen LogP contribution in [0.3, 0.4) is 0 Å². The number of nitrogens with one attached hydrogen (secondary N) is 1. The Balaban J connectivity index is 2.67. The molecular formula is C15H25FN2O. The Labute approximate surface area is 115 Å². The van der Waals surface area contributed by atoms with Gasteiger partial charge >= 0.3 is 0 Å². The van der Waals surface area contributed by atoms with Crippen LogP contribution >= 0.6 is 0 Å². The van der Waals surface area contributed by atoms with E-state index in [2.05, 4.69) is 24.1 Å². The Hall–Kier alpha value is -1.13. The minimum atomic E-state index is -0.194. The van der Waals surface area contributed by atoms with Gasteiger partial charge in [0.1, 0.15) is 5.82 Å². The number of benzene rings is 1. The van der Waals surface area contributed by atoms with Crippen LogP contribution in [0.25, 0.3) is 0 Å². The topological polar surface area (TPSA) is 24.5 Å². The fraction of sp³-hybridized carbons (Fsp3) is 0.600. The summed E-state index contributed by atoms with van der Waals surface area (Å²) in [4.78, 5) is 2.16. The van der Waals surface area contributed by atoms with E-state index in [9.17, 15) is 4.39 Å². The fourth-order valence-corrected chi connectivity index (χ4v) is 2.08. The van der Waals surface area contributed by atoms with Crippen LogP contribution in [0.1, 0.15) is 20.3 Å². The average Bonchev–Trinajstić information content (AvgIpc) is 2.41. The van der Waals surface area contributed by atoms with Crippen LogP contribution in [0.5, 0.6) is 0 Å². The maximum Gasteiger partial charge on any atom is 0.125 e. The van der Waals surface area contributed by atoms with Gasteiger partial charge in [-0.25, -0.2) is 4.39 Å². The lowest BCUT2D eigenvalue weighted by atomic mass is 10.2.